The van der Waals surface area contributed by atoms with Crippen molar-refractivity contribution >= 4 is 5.91 Å². The Morgan fingerprint density at radius 3 is 2.77 bits per heavy atom. The summed E-state index contributed by atoms with van der Waals surface area (Å²) in [6, 6.07) is 7.35. The van der Waals surface area contributed by atoms with Crippen molar-refractivity contribution in [3.63, 3.8) is 0 Å². The number of nitrogens with one attached hydrogen (secondary N) is 1. The Kier molecular flexibility index (Phi) is 3.72. The first kappa shape index (κ1) is 14.8. The Hall–Kier alpha value is -2.17. The molecule has 1 aromatic heterocycles. The van der Waals surface area contributed by atoms with E-state index in [2.05, 4.69) is 5.32 Å². The van der Waals surface area contributed by atoms with E-state index in [1.807, 2.05) is 30.7 Å². The van der Waals surface area contributed by atoms with Crippen LogP contribution < -0.4 is 5.32 Å². The third kappa shape index (κ3) is 2.75. The predicted molar refractivity (Wildman–Crippen MR) is 79.2 cm³/mol. The smallest absolute Gasteiger partial charge is 0.224 e. The number of carbonyl (C=O) groups excluding carboxylic acids is 1. The lowest BCUT2D eigenvalue weighted by Crippen LogP contribution is -2.26. The molecular formula is C17H18F2N2O. The second-order valence-electron chi connectivity index (χ2n) is 5.86. The Morgan fingerprint density at radius 1 is 1.32 bits per heavy atom. The molecule has 5 heteroatoms. The normalized spacial score (nSPS) is 20.0. The van der Waals surface area contributed by atoms with Crippen LogP contribution in [0.2, 0.25) is 0 Å². The van der Waals surface area contributed by atoms with Gasteiger partial charge in [0.2, 0.25) is 5.91 Å². The molecule has 2 atom stereocenters. The number of aryl methyl sites for hydroxylation is 1. The molecule has 0 saturated heterocycles. The van der Waals surface area contributed by atoms with Gasteiger partial charge in [-0.2, -0.15) is 0 Å². The van der Waals surface area contributed by atoms with Crippen LogP contribution in [0.5, 0.6) is 0 Å². The fourth-order valence-corrected chi connectivity index (χ4v) is 2.78. The maximum atomic E-state index is 13.7. The molecule has 1 aliphatic carbocycles. The lowest BCUT2D eigenvalue weighted by atomic mass is 10.1. The summed E-state index contributed by atoms with van der Waals surface area (Å²) in [4.78, 5) is 12.1. The van der Waals surface area contributed by atoms with Gasteiger partial charge in [-0.1, -0.05) is 0 Å². The maximum Gasteiger partial charge on any atom is 0.224 e. The second kappa shape index (κ2) is 5.55. The van der Waals surface area contributed by atoms with Crippen molar-refractivity contribution in [2.75, 3.05) is 0 Å². The lowest BCUT2D eigenvalue weighted by molar-refractivity contribution is -0.122. The molecule has 1 aliphatic rings. The molecule has 3 nitrogen and oxygen atoms in total. The van der Waals surface area contributed by atoms with Crippen molar-refractivity contribution < 1.29 is 13.6 Å². The molecule has 0 radical (unpaired) electrons. The molecule has 1 fully saturated rings. The minimum Gasteiger partial charge on any atom is -0.350 e. The highest BCUT2D eigenvalue weighted by atomic mass is 19.1. The zero-order valence-corrected chi connectivity index (χ0v) is 12.6. The van der Waals surface area contributed by atoms with Gasteiger partial charge in [-0.3, -0.25) is 4.79 Å². The largest absolute Gasteiger partial charge is 0.350 e. The van der Waals surface area contributed by atoms with E-state index in [-0.39, 0.29) is 17.7 Å². The second-order valence-corrected chi connectivity index (χ2v) is 5.86. The summed E-state index contributed by atoms with van der Waals surface area (Å²) in [5.41, 5.74) is 2.44. The Balaban J connectivity index is 1.61. The Morgan fingerprint density at radius 2 is 2.09 bits per heavy atom. The van der Waals surface area contributed by atoms with Crippen LogP contribution in [-0.2, 0) is 18.4 Å². The molecule has 0 bridgehead atoms. The van der Waals surface area contributed by atoms with Gasteiger partial charge in [0, 0.05) is 24.4 Å². The van der Waals surface area contributed by atoms with Gasteiger partial charge in [-0.05, 0) is 55.2 Å². The van der Waals surface area contributed by atoms with Crippen LogP contribution in [0.25, 0.3) is 0 Å². The van der Waals surface area contributed by atoms with E-state index >= 15 is 0 Å². The van der Waals surface area contributed by atoms with Crippen LogP contribution in [0.3, 0.4) is 0 Å². The summed E-state index contributed by atoms with van der Waals surface area (Å²) in [5.74, 6) is -1.50. The SMILES string of the molecule is Cc1ccc(CNC(=O)[C@H]2C[C@@H]2c2cc(F)ccc2F)n1C. The van der Waals surface area contributed by atoms with E-state index in [4.69, 9.17) is 0 Å². The number of aromatic nitrogens is 1. The fraction of sp³-hybridized carbons (Fsp3) is 0.353. The topological polar surface area (TPSA) is 34.0 Å². The van der Waals surface area contributed by atoms with Crippen molar-refractivity contribution in [2.45, 2.75) is 25.8 Å². The number of carbonyl (C=O) groups is 1. The monoisotopic (exact) mass is 304 g/mol. The van der Waals surface area contributed by atoms with Gasteiger partial charge in [0.1, 0.15) is 11.6 Å². The van der Waals surface area contributed by atoms with E-state index in [9.17, 15) is 13.6 Å². The number of benzene rings is 1. The average molecular weight is 304 g/mol. The standard InChI is InChI=1S/C17H18F2N2O/c1-10-3-5-12(21(10)2)9-20-17(22)15-8-13(15)14-7-11(18)4-6-16(14)19/h3-7,13,15H,8-9H2,1-2H3,(H,20,22)/t13-,15+/m1/s1. The zero-order chi connectivity index (χ0) is 15.9. The molecule has 116 valence electrons. The summed E-state index contributed by atoms with van der Waals surface area (Å²) in [5, 5.41) is 2.87. The van der Waals surface area contributed by atoms with Gasteiger partial charge in [0.15, 0.2) is 0 Å². The summed E-state index contributed by atoms with van der Waals surface area (Å²) in [7, 11) is 1.94. The number of rotatable bonds is 4. The van der Waals surface area contributed by atoms with Gasteiger partial charge < -0.3 is 9.88 Å². The highest BCUT2D eigenvalue weighted by Crippen LogP contribution is 2.48. The molecule has 1 amide bonds. The van der Waals surface area contributed by atoms with E-state index in [0.717, 1.165) is 23.5 Å². The quantitative estimate of drug-likeness (QED) is 0.925. The molecule has 22 heavy (non-hydrogen) atoms. The molecule has 1 heterocycles. The molecule has 1 N–H and O–H groups in total. The molecule has 2 aromatic rings. The lowest BCUT2D eigenvalue weighted by Gasteiger charge is -2.08. The van der Waals surface area contributed by atoms with Crippen molar-refractivity contribution in [1.29, 1.82) is 0 Å². The van der Waals surface area contributed by atoms with E-state index in [0.29, 0.717) is 18.5 Å². The minimum absolute atomic E-state index is 0.104. The van der Waals surface area contributed by atoms with Crippen molar-refractivity contribution in [3.8, 4) is 0 Å². The van der Waals surface area contributed by atoms with Gasteiger partial charge in [-0.25, -0.2) is 8.78 Å². The molecule has 0 spiro atoms. The number of hydrogen-bond acceptors (Lipinski definition) is 1. The molecule has 0 unspecified atom stereocenters. The first-order chi connectivity index (χ1) is 10.5. The van der Waals surface area contributed by atoms with Crippen LogP contribution in [-0.4, -0.2) is 10.5 Å². The third-order valence-electron chi connectivity index (χ3n) is 4.41. The van der Waals surface area contributed by atoms with Gasteiger partial charge >= 0.3 is 0 Å². The van der Waals surface area contributed by atoms with Crippen LogP contribution in [0.4, 0.5) is 8.78 Å². The molecule has 1 saturated carbocycles. The van der Waals surface area contributed by atoms with E-state index < -0.39 is 11.6 Å². The van der Waals surface area contributed by atoms with Crippen LogP contribution >= 0.6 is 0 Å². The number of amides is 1. The van der Waals surface area contributed by atoms with Crippen molar-refractivity contribution in [1.82, 2.24) is 9.88 Å². The van der Waals surface area contributed by atoms with Gasteiger partial charge in [-0.15, -0.1) is 0 Å². The Labute approximate surface area is 127 Å². The highest BCUT2D eigenvalue weighted by molar-refractivity contribution is 5.82. The molecule has 3 rings (SSSR count). The third-order valence-corrected chi connectivity index (χ3v) is 4.41. The van der Waals surface area contributed by atoms with Gasteiger partial charge in [0.25, 0.3) is 0 Å². The van der Waals surface area contributed by atoms with Crippen molar-refractivity contribution in [2.24, 2.45) is 13.0 Å². The molecule has 1 aromatic carbocycles. The van der Waals surface area contributed by atoms with Crippen LogP contribution in [0.1, 0.15) is 29.3 Å². The first-order valence-electron chi connectivity index (χ1n) is 7.31. The first-order valence-corrected chi connectivity index (χ1v) is 7.31. The number of nitrogens with zero attached hydrogens (tertiary/aromatic N) is 1. The number of hydrogen-bond donors (Lipinski definition) is 1. The molecule has 0 aliphatic heterocycles. The maximum absolute atomic E-state index is 13.7. The molecular weight excluding hydrogens is 286 g/mol. The summed E-state index contributed by atoms with van der Waals surface area (Å²) in [6.45, 7) is 2.44. The Bertz CT molecular complexity index is 723. The van der Waals surface area contributed by atoms with Crippen LogP contribution in [0.15, 0.2) is 30.3 Å². The average Bonchev–Trinajstić information content (AvgIpc) is 3.22. The number of halogens is 2. The summed E-state index contributed by atoms with van der Waals surface area (Å²) >= 11 is 0. The zero-order valence-electron chi connectivity index (χ0n) is 12.6. The fourth-order valence-electron chi connectivity index (χ4n) is 2.78. The summed E-state index contributed by atoms with van der Waals surface area (Å²) < 4.78 is 28.9. The highest BCUT2D eigenvalue weighted by Gasteiger charge is 2.45. The van der Waals surface area contributed by atoms with E-state index in [1.165, 1.54) is 6.07 Å². The minimum atomic E-state index is -0.471. The van der Waals surface area contributed by atoms with Gasteiger partial charge in [0.05, 0.1) is 6.54 Å². The predicted octanol–water partition coefficient (Wildman–Crippen LogP) is 3.03. The van der Waals surface area contributed by atoms with E-state index in [1.54, 1.807) is 0 Å². The van der Waals surface area contributed by atoms with Crippen molar-refractivity contribution in [3.05, 3.63) is 58.9 Å². The van der Waals surface area contributed by atoms with Crippen LogP contribution in [0, 0.1) is 24.5 Å². The summed E-state index contributed by atoms with van der Waals surface area (Å²) in [6.07, 6.45) is 0.568.